The van der Waals surface area contributed by atoms with Gasteiger partial charge in [-0.25, -0.2) is 0 Å². The van der Waals surface area contributed by atoms with Gasteiger partial charge >= 0.3 is 0 Å². The van der Waals surface area contributed by atoms with Gasteiger partial charge in [0, 0.05) is 35.5 Å². The van der Waals surface area contributed by atoms with Crippen LogP contribution in [0.3, 0.4) is 0 Å². The van der Waals surface area contributed by atoms with Gasteiger partial charge in [0.1, 0.15) is 11.5 Å². The molecule has 4 nitrogen and oxygen atoms in total. The molecule has 18 heavy (non-hydrogen) atoms. The smallest absolute Gasteiger partial charge is 0.122 e. The van der Waals surface area contributed by atoms with Crippen molar-refractivity contribution < 1.29 is 0 Å². The predicted octanol–water partition coefficient (Wildman–Crippen LogP) is 2.92. The number of aromatic nitrogens is 3. The van der Waals surface area contributed by atoms with Crippen molar-refractivity contribution in [2.75, 3.05) is 5.73 Å². The molecule has 0 bridgehead atoms. The third-order valence-electron chi connectivity index (χ3n) is 3.19. The van der Waals surface area contributed by atoms with Crippen molar-refractivity contribution in [3.8, 4) is 11.4 Å². The number of anilines is 1. The molecular formula is C13H13BrN4. The molecule has 0 atom stereocenters. The SMILES string of the molecule is Cn1nc(-c2cc3ccc(Br)cc3n2C)cc1N. The van der Waals surface area contributed by atoms with Crippen LogP contribution in [0.15, 0.2) is 34.8 Å². The van der Waals surface area contributed by atoms with Gasteiger partial charge in [0.15, 0.2) is 0 Å². The average Bonchev–Trinajstić information content (AvgIpc) is 2.82. The van der Waals surface area contributed by atoms with E-state index < -0.39 is 0 Å². The van der Waals surface area contributed by atoms with Gasteiger partial charge in [0.05, 0.1) is 5.69 Å². The molecule has 0 aliphatic rings. The van der Waals surface area contributed by atoms with Gasteiger partial charge in [0.2, 0.25) is 0 Å². The van der Waals surface area contributed by atoms with Crippen LogP contribution in [0.2, 0.25) is 0 Å². The summed E-state index contributed by atoms with van der Waals surface area (Å²) in [6.45, 7) is 0. The van der Waals surface area contributed by atoms with Crippen LogP contribution in [0.4, 0.5) is 5.82 Å². The lowest BCUT2D eigenvalue weighted by atomic mass is 10.2. The minimum Gasteiger partial charge on any atom is -0.384 e. The predicted molar refractivity (Wildman–Crippen MR) is 77.2 cm³/mol. The van der Waals surface area contributed by atoms with Crippen LogP contribution in [-0.4, -0.2) is 14.3 Å². The monoisotopic (exact) mass is 304 g/mol. The van der Waals surface area contributed by atoms with Crippen LogP contribution in [0.1, 0.15) is 0 Å². The van der Waals surface area contributed by atoms with E-state index in [2.05, 4.69) is 43.8 Å². The Hall–Kier alpha value is -1.75. The number of benzene rings is 1. The molecule has 0 aliphatic carbocycles. The van der Waals surface area contributed by atoms with E-state index in [1.54, 1.807) is 4.68 Å². The summed E-state index contributed by atoms with van der Waals surface area (Å²) >= 11 is 3.49. The molecule has 0 amide bonds. The summed E-state index contributed by atoms with van der Waals surface area (Å²) in [6, 6.07) is 10.3. The highest BCUT2D eigenvalue weighted by Gasteiger charge is 2.11. The van der Waals surface area contributed by atoms with Crippen LogP contribution in [0, 0.1) is 0 Å². The number of nitrogen functional groups attached to an aromatic ring is 1. The third kappa shape index (κ3) is 1.62. The van der Waals surface area contributed by atoms with Crippen molar-refractivity contribution in [3.63, 3.8) is 0 Å². The zero-order chi connectivity index (χ0) is 12.9. The zero-order valence-electron chi connectivity index (χ0n) is 10.2. The molecule has 0 unspecified atom stereocenters. The van der Waals surface area contributed by atoms with E-state index in [-0.39, 0.29) is 0 Å². The fourth-order valence-corrected chi connectivity index (χ4v) is 2.50. The molecule has 3 rings (SSSR count). The van der Waals surface area contributed by atoms with Crippen molar-refractivity contribution in [3.05, 3.63) is 34.8 Å². The first kappa shape index (κ1) is 11.3. The number of halogens is 1. The van der Waals surface area contributed by atoms with E-state index in [0.717, 1.165) is 15.9 Å². The Morgan fingerprint density at radius 1 is 1.17 bits per heavy atom. The summed E-state index contributed by atoms with van der Waals surface area (Å²) in [6.07, 6.45) is 0. The number of hydrogen-bond donors (Lipinski definition) is 1. The molecule has 0 aliphatic heterocycles. The van der Waals surface area contributed by atoms with E-state index in [9.17, 15) is 0 Å². The molecule has 2 heterocycles. The number of nitrogens with zero attached hydrogens (tertiary/aromatic N) is 3. The second-order valence-electron chi connectivity index (χ2n) is 4.37. The summed E-state index contributed by atoms with van der Waals surface area (Å²) in [5, 5.41) is 5.61. The molecule has 0 spiro atoms. The molecule has 1 aromatic carbocycles. The number of aryl methyl sites for hydroxylation is 2. The normalized spacial score (nSPS) is 11.3. The Kier molecular flexibility index (Phi) is 2.45. The van der Waals surface area contributed by atoms with Crippen molar-refractivity contribution in [1.82, 2.24) is 14.3 Å². The lowest BCUT2D eigenvalue weighted by molar-refractivity contribution is 0.779. The Balaban J connectivity index is 2.26. The summed E-state index contributed by atoms with van der Waals surface area (Å²) in [5.74, 6) is 0.663. The number of hydrogen-bond acceptors (Lipinski definition) is 2. The minimum atomic E-state index is 0.663. The van der Waals surface area contributed by atoms with Crippen LogP contribution >= 0.6 is 15.9 Å². The maximum Gasteiger partial charge on any atom is 0.122 e. The van der Waals surface area contributed by atoms with Crippen molar-refractivity contribution in [2.24, 2.45) is 14.1 Å². The highest BCUT2D eigenvalue weighted by molar-refractivity contribution is 9.10. The largest absolute Gasteiger partial charge is 0.384 e. The summed E-state index contributed by atoms with van der Waals surface area (Å²) in [4.78, 5) is 0. The molecule has 0 saturated heterocycles. The second kappa shape index (κ2) is 3.88. The molecule has 0 saturated carbocycles. The molecular weight excluding hydrogens is 292 g/mol. The fourth-order valence-electron chi connectivity index (χ4n) is 2.16. The molecule has 0 fully saturated rings. The second-order valence-corrected chi connectivity index (χ2v) is 5.29. The van der Waals surface area contributed by atoms with Crippen molar-refractivity contribution >= 4 is 32.7 Å². The minimum absolute atomic E-state index is 0.663. The molecule has 92 valence electrons. The third-order valence-corrected chi connectivity index (χ3v) is 3.68. The average molecular weight is 305 g/mol. The molecule has 2 N–H and O–H groups in total. The van der Waals surface area contributed by atoms with Gasteiger partial charge in [-0.2, -0.15) is 5.10 Å². The highest BCUT2D eigenvalue weighted by Crippen LogP contribution is 2.29. The molecule has 5 heteroatoms. The molecule has 3 aromatic rings. The lowest BCUT2D eigenvalue weighted by Gasteiger charge is -2.01. The molecule has 0 radical (unpaired) electrons. The van der Waals surface area contributed by atoms with Gasteiger partial charge < -0.3 is 10.3 Å². The Morgan fingerprint density at radius 3 is 2.61 bits per heavy atom. The van der Waals surface area contributed by atoms with E-state index >= 15 is 0 Å². The zero-order valence-corrected chi connectivity index (χ0v) is 11.8. The summed E-state index contributed by atoms with van der Waals surface area (Å²) in [5.41, 5.74) is 8.96. The maximum absolute atomic E-state index is 5.83. The van der Waals surface area contributed by atoms with Crippen LogP contribution in [0.5, 0.6) is 0 Å². The van der Waals surface area contributed by atoms with Gasteiger partial charge in [0.25, 0.3) is 0 Å². The first-order valence-electron chi connectivity index (χ1n) is 5.61. The van der Waals surface area contributed by atoms with Crippen molar-refractivity contribution in [1.29, 1.82) is 0 Å². The van der Waals surface area contributed by atoms with Gasteiger partial charge in [-0.1, -0.05) is 22.0 Å². The Labute approximate surface area is 113 Å². The highest BCUT2D eigenvalue weighted by atomic mass is 79.9. The summed E-state index contributed by atoms with van der Waals surface area (Å²) < 4.78 is 4.88. The maximum atomic E-state index is 5.83. The first-order chi connectivity index (χ1) is 8.56. The first-order valence-corrected chi connectivity index (χ1v) is 6.40. The van der Waals surface area contributed by atoms with E-state index in [4.69, 9.17) is 5.73 Å². The van der Waals surface area contributed by atoms with E-state index in [1.807, 2.05) is 26.2 Å². The van der Waals surface area contributed by atoms with E-state index in [0.29, 0.717) is 5.82 Å². The quantitative estimate of drug-likeness (QED) is 0.751. The fraction of sp³-hybridized carbons (Fsp3) is 0.154. The van der Waals surface area contributed by atoms with Crippen LogP contribution in [-0.2, 0) is 14.1 Å². The van der Waals surface area contributed by atoms with Gasteiger partial charge in [-0.15, -0.1) is 0 Å². The Bertz CT molecular complexity index is 719. The van der Waals surface area contributed by atoms with Gasteiger partial charge in [-0.3, -0.25) is 4.68 Å². The standard InChI is InChI=1S/C13H13BrN4/c1-17-11-6-9(14)4-3-8(11)5-12(17)10-7-13(15)18(2)16-10/h3-7H,15H2,1-2H3. The molecule has 2 aromatic heterocycles. The topological polar surface area (TPSA) is 48.8 Å². The number of nitrogens with two attached hydrogens (primary N) is 1. The lowest BCUT2D eigenvalue weighted by Crippen LogP contribution is -1.97. The Morgan fingerprint density at radius 2 is 1.94 bits per heavy atom. The van der Waals surface area contributed by atoms with Crippen LogP contribution in [0.25, 0.3) is 22.3 Å². The number of rotatable bonds is 1. The van der Waals surface area contributed by atoms with Crippen molar-refractivity contribution in [2.45, 2.75) is 0 Å². The van der Waals surface area contributed by atoms with Gasteiger partial charge in [-0.05, 0) is 18.2 Å². The summed E-state index contributed by atoms with van der Waals surface area (Å²) in [7, 11) is 3.88. The number of fused-ring (bicyclic) bond motifs is 1. The van der Waals surface area contributed by atoms with Crippen LogP contribution < -0.4 is 5.73 Å². The van der Waals surface area contributed by atoms with E-state index in [1.165, 1.54) is 10.9 Å².